The average molecular weight is 457 g/mol. The van der Waals surface area contributed by atoms with Gasteiger partial charge in [-0.25, -0.2) is 4.68 Å². The predicted molar refractivity (Wildman–Crippen MR) is 131 cm³/mol. The number of para-hydroxylation sites is 2. The molecule has 1 atom stereocenters. The van der Waals surface area contributed by atoms with Crippen molar-refractivity contribution in [2.45, 2.75) is 51.2 Å². The van der Waals surface area contributed by atoms with E-state index in [1.807, 2.05) is 47.1 Å². The normalized spacial score (nSPS) is 21.2. The molecule has 3 heterocycles. The Morgan fingerprint density at radius 2 is 1.68 bits per heavy atom. The number of amides is 1. The summed E-state index contributed by atoms with van der Waals surface area (Å²) >= 11 is 0. The van der Waals surface area contributed by atoms with Crippen molar-refractivity contribution in [3.8, 4) is 11.4 Å². The van der Waals surface area contributed by atoms with Crippen LogP contribution in [0.2, 0.25) is 0 Å². The number of ether oxygens (including phenoxy) is 1. The Morgan fingerprint density at radius 3 is 2.38 bits per heavy atom. The molecule has 6 rings (SSSR count). The number of likely N-dealkylation sites (tertiary alicyclic amines) is 1. The smallest absolute Gasteiger partial charge is 0.273 e. The summed E-state index contributed by atoms with van der Waals surface area (Å²) in [4.78, 5) is 18.7. The monoisotopic (exact) mass is 456 g/mol. The second kappa shape index (κ2) is 8.58. The van der Waals surface area contributed by atoms with Crippen LogP contribution in [0.5, 0.6) is 5.75 Å². The van der Waals surface area contributed by atoms with Crippen molar-refractivity contribution in [3.05, 3.63) is 77.1 Å². The molecule has 1 unspecified atom stereocenters. The summed E-state index contributed by atoms with van der Waals surface area (Å²) in [6.07, 6.45) is 4.42. The fourth-order valence-electron chi connectivity index (χ4n) is 5.94. The minimum Gasteiger partial charge on any atom is -0.496 e. The van der Waals surface area contributed by atoms with Crippen LogP contribution in [-0.2, 0) is 6.54 Å². The van der Waals surface area contributed by atoms with E-state index in [9.17, 15) is 4.79 Å². The van der Waals surface area contributed by atoms with Crippen molar-refractivity contribution >= 4 is 5.91 Å². The van der Waals surface area contributed by atoms with Crippen LogP contribution in [0.15, 0.2) is 54.6 Å². The van der Waals surface area contributed by atoms with Crippen LogP contribution in [0.4, 0.5) is 0 Å². The number of benzene rings is 2. The molecule has 0 bridgehead atoms. The van der Waals surface area contributed by atoms with Crippen molar-refractivity contribution < 1.29 is 9.53 Å². The number of rotatable bonds is 6. The van der Waals surface area contributed by atoms with Gasteiger partial charge >= 0.3 is 0 Å². The summed E-state index contributed by atoms with van der Waals surface area (Å²) in [7, 11) is 1.73. The third-order valence-corrected chi connectivity index (χ3v) is 7.75. The first-order valence-corrected chi connectivity index (χ1v) is 12.5. The van der Waals surface area contributed by atoms with Crippen molar-refractivity contribution in [2.75, 3.05) is 20.2 Å². The number of nitrogens with zero attached hydrogens (tertiary/aromatic N) is 4. The Balaban J connectivity index is 1.24. The Kier molecular flexibility index (Phi) is 5.41. The molecule has 1 saturated carbocycles. The summed E-state index contributed by atoms with van der Waals surface area (Å²) in [5.74, 6) is 1.69. The molecule has 1 saturated heterocycles. The lowest BCUT2D eigenvalue weighted by atomic mass is 9.98. The minimum absolute atomic E-state index is 0.166. The van der Waals surface area contributed by atoms with Gasteiger partial charge in [0.1, 0.15) is 11.4 Å². The molecular formula is C28H32N4O2. The first-order valence-electron chi connectivity index (χ1n) is 12.5. The zero-order chi connectivity index (χ0) is 23.2. The minimum atomic E-state index is 0.166. The van der Waals surface area contributed by atoms with Crippen LogP contribution < -0.4 is 4.74 Å². The van der Waals surface area contributed by atoms with E-state index in [1.165, 1.54) is 24.0 Å². The molecule has 1 aromatic heterocycles. The third-order valence-electron chi connectivity index (χ3n) is 7.75. The highest BCUT2D eigenvalue weighted by molar-refractivity contribution is 5.99. The number of methoxy groups -OCH3 is 1. The van der Waals surface area contributed by atoms with Gasteiger partial charge in [0.2, 0.25) is 0 Å². The highest BCUT2D eigenvalue weighted by atomic mass is 16.5. The van der Waals surface area contributed by atoms with E-state index in [2.05, 4.69) is 28.9 Å². The number of aryl methyl sites for hydroxylation is 1. The maximum Gasteiger partial charge on any atom is 0.273 e. The molecule has 3 aliphatic rings. The Morgan fingerprint density at radius 1 is 0.971 bits per heavy atom. The van der Waals surface area contributed by atoms with Crippen molar-refractivity contribution in [2.24, 2.45) is 5.92 Å². The maximum absolute atomic E-state index is 13.9. The van der Waals surface area contributed by atoms with Gasteiger partial charge in [0.05, 0.1) is 24.5 Å². The molecule has 34 heavy (non-hydrogen) atoms. The van der Waals surface area contributed by atoms with Gasteiger partial charge in [0.15, 0.2) is 0 Å². The van der Waals surface area contributed by atoms with Crippen LogP contribution in [0.1, 0.15) is 59.0 Å². The van der Waals surface area contributed by atoms with Gasteiger partial charge in [0, 0.05) is 36.8 Å². The summed E-state index contributed by atoms with van der Waals surface area (Å²) in [6, 6.07) is 18.8. The number of fused-ring (bicyclic) bond motifs is 1. The number of piperidine rings is 1. The van der Waals surface area contributed by atoms with Crippen LogP contribution in [0.25, 0.3) is 5.69 Å². The summed E-state index contributed by atoms with van der Waals surface area (Å²) in [6.45, 7) is 4.94. The number of hydrogen-bond donors (Lipinski definition) is 0. The second-order valence-electron chi connectivity index (χ2n) is 9.91. The van der Waals surface area contributed by atoms with E-state index >= 15 is 0 Å². The fourth-order valence-corrected chi connectivity index (χ4v) is 5.94. The zero-order valence-electron chi connectivity index (χ0n) is 20.0. The predicted octanol–water partition coefficient (Wildman–Crippen LogP) is 4.76. The van der Waals surface area contributed by atoms with Gasteiger partial charge in [-0.3, -0.25) is 9.69 Å². The number of aromatic nitrogens is 2. The van der Waals surface area contributed by atoms with Gasteiger partial charge in [0.25, 0.3) is 5.91 Å². The molecule has 0 N–H and O–H groups in total. The first-order chi connectivity index (χ1) is 16.7. The van der Waals surface area contributed by atoms with Crippen LogP contribution >= 0.6 is 0 Å². The molecule has 2 aromatic carbocycles. The lowest BCUT2D eigenvalue weighted by molar-refractivity contribution is 0.0448. The highest BCUT2D eigenvalue weighted by Gasteiger charge is 2.51. The zero-order valence-corrected chi connectivity index (χ0v) is 20.0. The van der Waals surface area contributed by atoms with E-state index < -0.39 is 0 Å². The Labute approximate surface area is 201 Å². The van der Waals surface area contributed by atoms with E-state index in [0.717, 1.165) is 55.3 Å². The molecule has 2 fully saturated rings. The van der Waals surface area contributed by atoms with E-state index in [1.54, 1.807) is 7.11 Å². The SMILES string of the molecule is COc1ccccc1CN1CCC(N2C(=O)c3c(c(C)nn3-c3ccccc3)C2C2CC2)CC1. The molecule has 6 heteroatoms. The Hall–Kier alpha value is -3.12. The van der Waals surface area contributed by atoms with Gasteiger partial charge in [-0.2, -0.15) is 5.10 Å². The largest absolute Gasteiger partial charge is 0.496 e. The van der Waals surface area contributed by atoms with Crippen molar-refractivity contribution in [1.82, 2.24) is 19.6 Å². The lowest BCUT2D eigenvalue weighted by Crippen LogP contribution is -2.47. The molecule has 6 nitrogen and oxygen atoms in total. The van der Waals surface area contributed by atoms with Crippen LogP contribution in [0.3, 0.4) is 0 Å². The van der Waals surface area contributed by atoms with Crippen LogP contribution in [0, 0.1) is 12.8 Å². The van der Waals surface area contributed by atoms with Gasteiger partial charge in [-0.1, -0.05) is 36.4 Å². The third kappa shape index (κ3) is 3.61. The summed E-state index contributed by atoms with van der Waals surface area (Å²) in [5, 5.41) is 4.82. The molecule has 176 valence electrons. The standard InChI is InChI=1S/C28H32N4O2/c1-19-25-26(20-12-13-20)31(28(33)27(25)32(29-19)23-9-4-3-5-10-23)22-14-16-30(17-15-22)18-21-8-6-7-11-24(21)34-2/h3-11,20,22,26H,12-18H2,1-2H3. The van der Waals surface area contributed by atoms with Crippen molar-refractivity contribution in [3.63, 3.8) is 0 Å². The molecule has 1 aliphatic carbocycles. The summed E-state index contributed by atoms with van der Waals surface area (Å²) < 4.78 is 7.44. The Bertz CT molecular complexity index is 1190. The molecule has 1 amide bonds. The molecular weight excluding hydrogens is 424 g/mol. The topological polar surface area (TPSA) is 50.6 Å². The first kappa shape index (κ1) is 21.4. The van der Waals surface area contributed by atoms with Gasteiger partial charge < -0.3 is 9.64 Å². The second-order valence-corrected chi connectivity index (χ2v) is 9.91. The maximum atomic E-state index is 13.9. The lowest BCUT2D eigenvalue weighted by Gasteiger charge is -2.40. The molecule has 2 aliphatic heterocycles. The quantitative estimate of drug-likeness (QED) is 0.537. The van der Waals surface area contributed by atoms with Crippen molar-refractivity contribution in [1.29, 1.82) is 0 Å². The fraction of sp³-hybridized carbons (Fsp3) is 0.429. The van der Waals surface area contributed by atoms with Gasteiger partial charge in [-0.15, -0.1) is 0 Å². The highest BCUT2D eigenvalue weighted by Crippen LogP contribution is 2.52. The number of carbonyl (C=O) groups is 1. The van der Waals surface area contributed by atoms with E-state index in [4.69, 9.17) is 9.84 Å². The molecule has 3 aromatic rings. The number of carbonyl (C=O) groups excluding carboxylic acids is 1. The average Bonchev–Trinajstić information content (AvgIpc) is 3.59. The molecule has 0 radical (unpaired) electrons. The summed E-state index contributed by atoms with van der Waals surface area (Å²) in [5.41, 5.74) is 5.15. The molecule has 0 spiro atoms. The van der Waals surface area contributed by atoms with E-state index in [0.29, 0.717) is 5.92 Å². The van der Waals surface area contributed by atoms with Crippen LogP contribution in [-0.4, -0.2) is 51.7 Å². The van der Waals surface area contributed by atoms with Gasteiger partial charge in [-0.05, 0) is 56.7 Å². The van der Waals surface area contributed by atoms with E-state index in [-0.39, 0.29) is 18.0 Å². The number of hydrogen-bond acceptors (Lipinski definition) is 4.